The Balaban J connectivity index is 1.98. The lowest BCUT2D eigenvalue weighted by Crippen LogP contribution is -2.34. The van der Waals surface area contributed by atoms with Crippen molar-refractivity contribution in [2.24, 2.45) is 0 Å². The summed E-state index contributed by atoms with van der Waals surface area (Å²) in [5.41, 5.74) is 2.00. The molecule has 1 atom stereocenters. The number of alkyl halides is 1. The lowest BCUT2D eigenvalue weighted by atomic mass is 10.1. The molecule has 1 aromatic rings. The van der Waals surface area contributed by atoms with Gasteiger partial charge >= 0.3 is 0 Å². The molecule has 0 spiro atoms. The summed E-state index contributed by atoms with van der Waals surface area (Å²) in [7, 11) is 0. The van der Waals surface area contributed by atoms with Crippen molar-refractivity contribution in [2.45, 2.75) is 44.0 Å². The van der Waals surface area contributed by atoms with Crippen molar-refractivity contribution in [1.29, 1.82) is 0 Å². The normalized spacial score (nSPS) is 18.0. The topological polar surface area (TPSA) is 29.1 Å². The third-order valence-corrected chi connectivity index (χ3v) is 3.72. The molecule has 1 aromatic carbocycles. The first-order valence-electron chi connectivity index (χ1n) is 6.18. The van der Waals surface area contributed by atoms with Crippen LogP contribution in [0.2, 0.25) is 0 Å². The van der Waals surface area contributed by atoms with E-state index in [0.29, 0.717) is 6.04 Å². The third kappa shape index (κ3) is 3.22. The van der Waals surface area contributed by atoms with Crippen LogP contribution in [0.1, 0.15) is 42.2 Å². The van der Waals surface area contributed by atoms with Gasteiger partial charge in [-0.05, 0) is 25.3 Å². The van der Waals surface area contributed by atoms with Crippen molar-refractivity contribution >= 4 is 17.5 Å². The first-order valence-corrected chi connectivity index (χ1v) is 6.61. The maximum absolute atomic E-state index is 12.0. The molecule has 2 nitrogen and oxygen atoms in total. The van der Waals surface area contributed by atoms with Gasteiger partial charge in [0.15, 0.2) is 0 Å². The highest BCUT2D eigenvalue weighted by Gasteiger charge is 2.22. The van der Waals surface area contributed by atoms with Crippen LogP contribution in [0.15, 0.2) is 24.3 Å². The Morgan fingerprint density at radius 2 is 2.12 bits per heavy atom. The lowest BCUT2D eigenvalue weighted by Gasteiger charge is -2.15. The van der Waals surface area contributed by atoms with Gasteiger partial charge in [-0.1, -0.05) is 42.7 Å². The van der Waals surface area contributed by atoms with Gasteiger partial charge in [-0.15, -0.1) is 11.6 Å². The van der Waals surface area contributed by atoms with E-state index in [2.05, 4.69) is 5.32 Å². The average molecular weight is 252 g/mol. The molecule has 17 heavy (non-hydrogen) atoms. The fourth-order valence-corrected chi connectivity index (χ4v) is 2.52. The molecule has 92 valence electrons. The Morgan fingerprint density at radius 1 is 1.41 bits per heavy atom. The predicted molar refractivity (Wildman–Crippen MR) is 70.2 cm³/mol. The molecule has 1 aliphatic carbocycles. The van der Waals surface area contributed by atoms with E-state index in [-0.39, 0.29) is 5.91 Å². The largest absolute Gasteiger partial charge is 0.352 e. The number of aryl methyl sites for hydroxylation is 1. The number of hydrogen-bond acceptors (Lipinski definition) is 1. The highest BCUT2D eigenvalue weighted by molar-refractivity contribution is 6.30. The highest BCUT2D eigenvalue weighted by atomic mass is 35.5. The highest BCUT2D eigenvalue weighted by Crippen LogP contribution is 2.23. The van der Waals surface area contributed by atoms with Gasteiger partial charge in [-0.25, -0.2) is 0 Å². The van der Waals surface area contributed by atoms with Crippen molar-refractivity contribution in [3.05, 3.63) is 35.4 Å². The summed E-state index contributed by atoms with van der Waals surface area (Å²) in [4.78, 5) is 12.0. The summed E-state index contributed by atoms with van der Waals surface area (Å²) in [5, 5.41) is 2.45. The summed E-state index contributed by atoms with van der Waals surface area (Å²) in [6, 6.07) is 8.13. The first-order chi connectivity index (χ1) is 8.16. The molecule has 0 radical (unpaired) electrons. The number of benzene rings is 1. The summed E-state index contributed by atoms with van der Waals surface area (Å²) in [6.07, 6.45) is 4.59. The van der Waals surface area contributed by atoms with Crippen molar-refractivity contribution in [3.8, 4) is 0 Å². The van der Waals surface area contributed by atoms with Crippen LogP contribution < -0.4 is 5.32 Å². The van der Waals surface area contributed by atoms with Gasteiger partial charge in [0.1, 0.15) is 5.38 Å². The quantitative estimate of drug-likeness (QED) is 0.821. The molecule has 0 aromatic heterocycles. The number of amides is 1. The average Bonchev–Trinajstić information content (AvgIpc) is 2.80. The van der Waals surface area contributed by atoms with Crippen molar-refractivity contribution in [3.63, 3.8) is 0 Å². The molecule has 1 aliphatic rings. The van der Waals surface area contributed by atoms with E-state index < -0.39 is 5.38 Å². The van der Waals surface area contributed by atoms with E-state index in [1.54, 1.807) is 0 Å². The molecule has 1 fully saturated rings. The number of halogens is 1. The van der Waals surface area contributed by atoms with E-state index in [4.69, 9.17) is 11.6 Å². The van der Waals surface area contributed by atoms with E-state index in [1.807, 2.05) is 31.2 Å². The molecular weight excluding hydrogens is 234 g/mol. The monoisotopic (exact) mass is 251 g/mol. The first kappa shape index (κ1) is 12.4. The molecule has 0 aliphatic heterocycles. The van der Waals surface area contributed by atoms with E-state index in [0.717, 1.165) is 24.0 Å². The molecule has 1 saturated carbocycles. The zero-order valence-electron chi connectivity index (χ0n) is 10.1. The van der Waals surface area contributed by atoms with Gasteiger partial charge in [-0.2, -0.15) is 0 Å². The van der Waals surface area contributed by atoms with Crippen LogP contribution in [0.3, 0.4) is 0 Å². The zero-order chi connectivity index (χ0) is 12.3. The lowest BCUT2D eigenvalue weighted by molar-refractivity contribution is -0.121. The second-order valence-corrected chi connectivity index (χ2v) is 5.20. The number of carbonyl (C=O) groups is 1. The summed E-state index contributed by atoms with van der Waals surface area (Å²) in [5.74, 6) is -0.0656. The van der Waals surface area contributed by atoms with Gasteiger partial charge in [0, 0.05) is 6.04 Å². The Hall–Kier alpha value is -1.02. The molecule has 0 heterocycles. The van der Waals surface area contributed by atoms with E-state index in [1.165, 1.54) is 12.8 Å². The Labute approximate surface area is 107 Å². The van der Waals surface area contributed by atoms with E-state index >= 15 is 0 Å². The van der Waals surface area contributed by atoms with Crippen LogP contribution in [0.4, 0.5) is 0 Å². The van der Waals surface area contributed by atoms with Crippen LogP contribution >= 0.6 is 11.6 Å². The Kier molecular flexibility index (Phi) is 4.06. The van der Waals surface area contributed by atoms with Crippen LogP contribution in [-0.4, -0.2) is 11.9 Å². The SMILES string of the molecule is Cc1cccc(C(Cl)C(=O)NC2CCCC2)c1. The molecule has 1 N–H and O–H groups in total. The molecule has 0 bridgehead atoms. The predicted octanol–water partition coefficient (Wildman–Crippen LogP) is 3.33. The Bertz CT molecular complexity index is 399. The maximum Gasteiger partial charge on any atom is 0.242 e. The van der Waals surface area contributed by atoms with Crippen molar-refractivity contribution < 1.29 is 4.79 Å². The van der Waals surface area contributed by atoms with Crippen LogP contribution in [0.25, 0.3) is 0 Å². The van der Waals surface area contributed by atoms with Gasteiger partial charge < -0.3 is 5.32 Å². The molecule has 3 heteroatoms. The van der Waals surface area contributed by atoms with Crippen molar-refractivity contribution in [1.82, 2.24) is 5.32 Å². The fraction of sp³-hybridized carbons (Fsp3) is 0.500. The smallest absolute Gasteiger partial charge is 0.242 e. The second-order valence-electron chi connectivity index (χ2n) is 4.77. The molecular formula is C14H18ClNO. The van der Waals surface area contributed by atoms with Crippen LogP contribution in [-0.2, 0) is 4.79 Å². The molecule has 1 unspecified atom stereocenters. The standard InChI is InChI=1S/C14H18ClNO/c1-10-5-4-6-11(9-10)13(15)14(17)16-12-7-2-3-8-12/h4-6,9,12-13H,2-3,7-8H2,1H3,(H,16,17). The summed E-state index contributed by atoms with van der Waals surface area (Å²) < 4.78 is 0. The summed E-state index contributed by atoms with van der Waals surface area (Å²) >= 11 is 6.20. The molecule has 2 rings (SSSR count). The molecule has 0 saturated heterocycles. The molecule has 1 amide bonds. The number of nitrogens with one attached hydrogen (secondary N) is 1. The van der Waals surface area contributed by atoms with Gasteiger partial charge in [0.2, 0.25) is 5.91 Å². The minimum absolute atomic E-state index is 0.0656. The second kappa shape index (κ2) is 5.54. The van der Waals surface area contributed by atoms with Gasteiger partial charge in [-0.3, -0.25) is 4.79 Å². The number of rotatable bonds is 3. The zero-order valence-corrected chi connectivity index (χ0v) is 10.8. The van der Waals surface area contributed by atoms with Gasteiger partial charge in [0.05, 0.1) is 0 Å². The fourth-order valence-electron chi connectivity index (χ4n) is 2.32. The van der Waals surface area contributed by atoms with E-state index in [9.17, 15) is 4.79 Å². The maximum atomic E-state index is 12.0. The van der Waals surface area contributed by atoms with Crippen molar-refractivity contribution in [2.75, 3.05) is 0 Å². The number of hydrogen-bond donors (Lipinski definition) is 1. The summed E-state index contributed by atoms with van der Waals surface area (Å²) in [6.45, 7) is 2.00. The Morgan fingerprint density at radius 3 is 2.76 bits per heavy atom. The van der Waals surface area contributed by atoms with Crippen LogP contribution in [0.5, 0.6) is 0 Å². The van der Waals surface area contributed by atoms with Crippen LogP contribution in [0, 0.1) is 6.92 Å². The third-order valence-electron chi connectivity index (χ3n) is 3.27. The van der Waals surface area contributed by atoms with Gasteiger partial charge in [0.25, 0.3) is 0 Å². The minimum atomic E-state index is -0.574. The number of carbonyl (C=O) groups excluding carboxylic acids is 1. The minimum Gasteiger partial charge on any atom is -0.352 e.